The fraction of sp³-hybridized carbons (Fsp3) is 0.263. The minimum Gasteiger partial charge on any atom is -0.492 e. The summed E-state index contributed by atoms with van der Waals surface area (Å²) >= 11 is 0. The molecular formula is C19H23N3O3. The number of ether oxygens (including phenoxy) is 1. The highest BCUT2D eigenvalue weighted by Crippen LogP contribution is 2.25. The molecule has 0 heterocycles. The molecule has 0 aromatic heterocycles. The van der Waals surface area contributed by atoms with Crippen LogP contribution in [0.25, 0.3) is 0 Å². The third kappa shape index (κ3) is 5.24. The van der Waals surface area contributed by atoms with E-state index in [1.807, 2.05) is 50.2 Å². The molecule has 0 fully saturated rings. The molecule has 2 aromatic rings. The van der Waals surface area contributed by atoms with Crippen LogP contribution in [0.2, 0.25) is 0 Å². The van der Waals surface area contributed by atoms with Gasteiger partial charge in [0.25, 0.3) is 0 Å². The minimum absolute atomic E-state index is 0.102. The van der Waals surface area contributed by atoms with Crippen molar-refractivity contribution in [1.29, 1.82) is 0 Å². The van der Waals surface area contributed by atoms with Gasteiger partial charge in [-0.15, -0.1) is 0 Å². The van der Waals surface area contributed by atoms with E-state index in [0.29, 0.717) is 18.0 Å². The summed E-state index contributed by atoms with van der Waals surface area (Å²) in [4.78, 5) is 23.4. The van der Waals surface area contributed by atoms with Crippen LogP contribution in [-0.2, 0) is 9.59 Å². The quantitative estimate of drug-likeness (QED) is 0.721. The van der Waals surface area contributed by atoms with E-state index in [1.54, 1.807) is 6.07 Å². The second kappa shape index (κ2) is 8.73. The molecule has 6 nitrogen and oxygen atoms in total. The van der Waals surface area contributed by atoms with E-state index in [0.717, 1.165) is 16.9 Å². The number of hydrogen-bond acceptors (Lipinski definition) is 4. The Labute approximate surface area is 147 Å². The fourth-order valence-electron chi connectivity index (χ4n) is 2.37. The Morgan fingerprint density at radius 3 is 2.36 bits per heavy atom. The molecule has 3 N–H and O–H groups in total. The third-order valence-electron chi connectivity index (χ3n) is 3.54. The average molecular weight is 341 g/mol. The maximum atomic E-state index is 12.2. The van der Waals surface area contributed by atoms with Crippen molar-refractivity contribution in [2.45, 2.75) is 20.8 Å². The van der Waals surface area contributed by atoms with E-state index >= 15 is 0 Å². The Hall–Kier alpha value is -3.02. The number of amides is 2. The largest absolute Gasteiger partial charge is 0.492 e. The molecule has 0 aliphatic rings. The maximum absolute atomic E-state index is 12.2. The number of anilines is 3. The Morgan fingerprint density at radius 1 is 0.960 bits per heavy atom. The second-order valence-corrected chi connectivity index (χ2v) is 5.49. The molecule has 6 heteroatoms. The van der Waals surface area contributed by atoms with Gasteiger partial charge in [-0.05, 0) is 43.7 Å². The molecule has 2 rings (SSSR count). The zero-order valence-corrected chi connectivity index (χ0v) is 14.7. The van der Waals surface area contributed by atoms with Gasteiger partial charge in [0.1, 0.15) is 5.75 Å². The number of benzene rings is 2. The molecule has 2 amide bonds. The molecule has 0 atom stereocenters. The zero-order valence-electron chi connectivity index (χ0n) is 14.7. The molecule has 0 aliphatic carbocycles. The lowest BCUT2D eigenvalue weighted by molar-refractivity contribution is -0.115. The third-order valence-corrected chi connectivity index (χ3v) is 3.54. The number of nitrogens with one attached hydrogen (secondary N) is 3. The van der Waals surface area contributed by atoms with E-state index in [4.69, 9.17) is 4.74 Å². The van der Waals surface area contributed by atoms with E-state index in [-0.39, 0.29) is 18.4 Å². The van der Waals surface area contributed by atoms with Gasteiger partial charge in [-0.1, -0.05) is 18.2 Å². The molecule has 0 bridgehead atoms. The molecule has 25 heavy (non-hydrogen) atoms. The maximum Gasteiger partial charge on any atom is 0.243 e. The summed E-state index contributed by atoms with van der Waals surface area (Å²) in [6, 6.07) is 12.8. The Morgan fingerprint density at radius 2 is 1.64 bits per heavy atom. The Balaban J connectivity index is 2.00. The van der Waals surface area contributed by atoms with Crippen LogP contribution in [0.4, 0.5) is 17.1 Å². The molecule has 2 aromatic carbocycles. The highest BCUT2D eigenvalue weighted by atomic mass is 16.5. The smallest absolute Gasteiger partial charge is 0.243 e. The molecule has 0 aliphatic heterocycles. The summed E-state index contributed by atoms with van der Waals surface area (Å²) in [5, 5.41) is 8.70. The average Bonchev–Trinajstić information content (AvgIpc) is 2.57. The first-order valence-electron chi connectivity index (χ1n) is 8.14. The first kappa shape index (κ1) is 18.3. The van der Waals surface area contributed by atoms with Crippen molar-refractivity contribution in [1.82, 2.24) is 0 Å². The zero-order chi connectivity index (χ0) is 18.2. The van der Waals surface area contributed by atoms with Gasteiger partial charge in [-0.3, -0.25) is 9.59 Å². The van der Waals surface area contributed by atoms with Crippen LogP contribution in [0.1, 0.15) is 19.4 Å². The summed E-state index contributed by atoms with van der Waals surface area (Å²) in [5.41, 5.74) is 3.03. The highest BCUT2D eigenvalue weighted by molar-refractivity contribution is 5.95. The van der Waals surface area contributed by atoms with Gasteiger partial charge in [0.2, 0.25) is 11.8 Å². The summed E-state index contributed by atoms with van der Waals surface area (Å²) in [5.74, 6) is 0.323. The van der Waals surface area contributed by atoms with Crippen LogP contribution in [0.3, 0.4) is 0 Å². The molecule has 0 spiro atoms. The number of hydrogen-bond donors (Lipinski definition) is 3. The predicted molar refractivity (Wildman–Crippen MR) is 100 cm³/mol. The summed E-state index contributed by atoms with van der Waals surface area (Å²) < 4.78 is 5.50. The molecule has 0 unspecified atom stereocenters. The molecule has 132 valence electrons. The van der Waals surface area contributed by atoms with Gasteiger partial charge in [-0.25, -0.2) is 0 Å². The highest BCUT2D eigenvalue weighted by Gasteiger charge is 2.09. The minimum atomic E-state index is -0.184. The van der Waals surface area contributed by atoms with Gasteiger partial charge in [0.15, 0.2) is 0 Å². The van der Waals surface area contributed by atoms with Crippen LogP contribution in [0.5, 0.6) is 5.75 Å². The van der Waals surface area contributed by atoms with E-state index in [1.165, 1.54) is 6.92 Å². The van der Waals surface area contributed by atoms with Crippen molar-refractivity contribution in [3.63, 3.8) is 0 Å². The summed E-state index contributed by atoms with van der Waals surface area (Å²) in [7, 11) is 0. The monoisotopic (exact) mass is 341 g/mol. The van der Waals surface area contributed by atoms with Crippen molar-refractivity contribution in [3.05, 3.63) is 48.0 Å². The topological polar surface area (TPSA) is 79.5 Å². The van der Waals surface area contributed by atoms with Crippen molar-refractivity contribution in [3.8, 4) is 5.75 Å². The Bertz CT molecular complexity index is 759. The standard InChI is InChI=1S/C19H23N3O3/c1-4-25-18-11-6-5-8-17(18)22-19(24)12-20-15-9-7-10-16(13(15)2)21-14(3)23/h5-11,20H,4,12H2,1-3H3,(H,21,23)(H,22,24). The van der Waals surface area contributed by atoms with Crippen LogP contribution < -0.4 is 20.7 Å². The number of carbonyl (C=O) groups excluding carboxylic acids is 2. The first-order valence-corrected chi connectivity index (χ1v) is 8.14. The van der Waals surface area contributed by atoms with Crippen molar-refractivity contribution < 1.29 is 14.3 Å². The van der Waals surface area contributed by atoms with Crippen molar-refractivity contribution in [2.75, 3.05) is 29.1 Å². The lowest BCUT2D eigenvalue weighted by atomic mass is 10.1. The van der Waals surface area contributed by atoms with Crippen molar-refractivity contribution in [2.24, 2.45) is 0 Å². The van der Waals surface area contributed by atoms with Gasteiger partial charge in [0, 0.05) is 18.3 Å². The number of para-hydroxylation sites is 2. The summed E-state index contributed by atoms with van der Waals surface area (Å²) in [6.45, 7) is 5.87. The van der Waals surface area contributed by atoms with Gasteiger partial charge >= 0.3 is 0 Å². The van der Waals surface area contributed by atoms with E-state index < -0.39 is 0 Å². The van der Waals surface area contributed by atoms with Crippen LogP contribution in [0.15, 0.2) is 42.5 Å². The SMILES string of the molecule is CCOc1ccccc1NC(=O)CNc1cccc(NC(C)=O)c1C. The van der Waals surface area contributed by atoms with Crippen LogP contribution in [-0.4, -0.2) is 25.0 Å². The van der Waals surface area contributed by atoms with Crippen LogP contribution in [0, 0.1) is 6.92 Å². The van der Waals surface area contributed by atoms with E-state index in [2.05, 4.69) is 16.0 Å². The predicted octanol–water partition coefficient (Wildman–Crippen LogP) is 3.40. The fourth-order valence-corrected chi connectivity index (χ4v) is 2.37. The van der Waals surface area contributed by atoms with E-state index in [9.17, 15) is 9.59 Å². The van der Waals surface area contributed by atoms with Gasteiger partial charge in [0.05, 0.1) is 18.8 Å². The number of carbonyl (C=O) groups is 2. The first-order chi connectivity index (χ1) is 12.0. The summed E-state index contributed by atoms with van der Waals surface area (Å²) in [6.07, 6.45) is 0. The molecule has 0 radical (unpaired) electrons. The molecule has 0 saturated carbocycles. The lowest BCUT2D eigenvalue weighted by Gasteiger charge is -2.14. The normalized spacial score (nSPS) is 10.0. The molecule has 0 saturated heterocycles. The van der Waals surface area contributed by atoms with Crippen LogP contribution >= 0.6 is 0 Å². The second-order valence-electron chi connectivity index (χ2n) is 5.49. The van der Waals surface area contributed by atoms with Crippen molar-refractivity contribution >= 4 is 28.9 Å². The van der Waals surface area contributed by atoms with Gasteiger partial charge < -0.3 is 20.7 Å². The Kier molecular flexibility index (Phi) is 6.39. The molecular weight excluding hydrogens is 318 g/mol. The van der Waals surface area contributed by atoms with Gasteiger partial charge in [-0.2, -0.15) is 0 Å². The lowest BCUT2D eigenvalue weighted by Crippen LogP contribution is -2.22. The number of rotatable bonds is 7.